The average Bonchev–Trinajstić information content (AvgIpc) is 2.86. The number of benzene rings is 1. The lowest BCUT2D eigenvalue weighted by Gasteiger charge is -2.32. The molecule has 34 heavy (non-hydrogen) atoms. The van der Waals surface area contributed by atoms with Gasteiger partial charge in [0.15, 0.2) is 18.2 Å². The van der Waals surface area contributed by atoms with Gasteiger partial charge in [0.05, 0.1) is 24.4 Å². The van der Waals surface area contributed by atoms with Gasteiger partial charge in [-0.05, 0) is 24.3 Å². The summed E-state index contributed by atoms with van der Waals surface area (Å²) in [7, 11) is 3.16. The van der Waals surface area contributed by atoms with Gasteiger partial charge in [-0.25, -0.2) is 4.98 Å². The lowest BCUT2D eigenvalue weighted by Crippen LogP contribution is -2.44. The molecule has 12 heteroatoms. The van der Waals surface area contributed by atoms with Crippen molar-refractivity contribution in [3.63, 3.8) is 0 Å². The fourth-order valence-corrected chi connectivity index (χ4v) is 4.25. The molecule has 1 aliphatic rings. The molecule has 10 nitrogen and oxygen atoms in total. The quantitative estimate of drug-likeness (QED) is 0.315. The summed E-state index contributed by atoms with van der Waals surface area (Å²) >= 11 is 8.69. The molecule has 0 bridgehead atoms. The molecule has 2 aromatic heterocycles. The van der Waals surface area contributed by atoms with E-state index in [4.69, 9.17) is 21.1 Å². The van der Waals surface area contributed by atoms with E-state index in [2.05, 4.69) is 48.1 Å². The van der Waals surface area contributed by atoms with Crippen LogP contribution in [-0.4, -0.2) is 64.3 Å². The SMILES string of the molecule is CNC(=O)COc1cc2cc(Nc3nc(N4CCO[C@@H](CI)C4)ncc3Cl)ccc2n(C)c1=O. The molecule has 2 N–H and O–H groups in total. The van der Waals surface area contributed by atoms with Crippen LogP contribution >= 0.6 is 34.2 Å². The molecule has 1 aliphatic heterocycles. The zero-order valence-corrected chi connectivity index (χ0v) is 21.6. The normalized spacial score (nSPS) is 15.9. The molecule has 3 aromatic rings. The molecule has 1 aromatic carbocycles. The molecule has 0 spiro atoms. The minimum Gasteiger partial charge on any atom is -0.478 e. The number of amides is 1. The first-order valence-corrected chi connectivity index (χ1v) is 12.5. The van der Waals surface area contributed by atoms with Crippen LogP contribution in [0.5, 0.6) is 5.75 Å². The maximum Gasteiger partial charge on any atom is 0.293 e. The predicted molar refractivity (Wildman–Crippen MR) is 140 cm³/mol. The summed E-state index contributed by atoms with van der Waals surface area (Å²) < 4.78 is 13.5. The summed E-state index contributed by atoms with van der Waals surface area (Å²) in [4.78, 5) is 35.2. The summed E-state index contributed by atoms with van der Waals surface area (Å²) in [6.45, 7) is 1.80. The second kappa shape index (κ2) is 10.7. The number of aryl methyl sites for hydroxylation is 1. The topological polar surface area (TPSA) is 111 Å². The van der Waals surface area contributed by atoms with Crippen LogP contribution in [0.25, 0.3) is 10.9 Å². The molecule has 1 atom stereocenters. The number of fused-ring (bicyclic) bond motifs is 1. The Morgan fingerprint density at radius 2 is 2.21 bits per heavy atom. The van der Waals surface area contributed by atoms with Crippen molar-refractivity contribution >= 4 is 68.5 Å². The number of pyridine rings is 1. The third-order valence-corrected chi connectivity index (χ3v) is 6.68. The average molecular weight is 599 g/mol. The number of nitrogens with zero attached hydrogens (tertiary/aromatic N) is 4. The fourth-order valence-electron chi connectivity index (χ4n) is 3.58. The zero-order chi connectivity index (χ0) is 24.2. The van der Waals surface area contributed by atoms with Crippen LogP contribution < -0.4 is 25.8 Å². The van der Waals surface area contributed by atoms with Crippen molar-refractivity contribution in [1.82, 2.24) is 19.9 Å². The number of nitrogens with one attached hydrogen (secondary N) is 2. The van der Waals surface area contributed by atoms with E-state index >= 15 is 0 Å². The lowest BCUT2D eigenvalue weighted by molar-refractivity contribution is -0.122. The number of morpholine rings is 1. The van der Waals surface area contributed by atoms with E-state index in [1.807, 2.05) is 18.2 Å². The van der Waals surface area contributed by atoms with E-state index < -0.39 is 0 Å². The van der Waals surface area contributed by atoms with Crippen molar-refractivity contribution in [3.05, 3.63) is 45.8 Å². The molecule has 4 rings (SSSR count). The molecule has 0 aliphatic carbocycles. The second-order valence-corrected chi connectivity index (χ2v) is 8.98. The standard InChI is InChI=1S/C22H24ClIN6O4/c1-25-19(31)12-34-18-8-13-7-14(3-4-17(13)29(2)21(18)32)27-20-16(23)10-26-22(28-20)30-5-6-33-15(9-24)11-30/h3-4,7-8,10,15H,5-6,9,11-12H2,1-2H3,(H,25,31)(H,26,27,28)/t15-/m0/s1. The monoisotopic (exact) mass is 598 g/mol. The van der Waals surface area contributed by atoms with Gasteiger partial charge in [0.25, 0.3) is 11.5 Å². The smallest absolute Gasteiger partial charge is 0.293 e. The van der Waals surface area contributed by atoms with Gasteiger partial charge in [-0.3, -0.25) is 9.59 Å². The van der Waals surface area contributed by atoms with Gasteiger partial charge in [0.2, 0.25) is 5.95 Å². The fraction of sp³-hybridized carbons (Fsp3) is 0.364. The van der Waals surface area contributed by atoms with Crippen molar-refractivity contribution in [3.8, 4) is 5.75 Å². The first-order chi connectivity index (χ1) is 16.4. The van der Waals surface area contributed by atoms with Crippen LogP contribution in [0.3, 0.4) is 0 Å². The maximum atomic E-state index is 12.6. The Labute approximate surface area is 214 Å². The van der Waals surface area contributed by atoms with Gasteiger partial charge in [0, 0.05) is 42.7 Å². The molecular formula is C22H24ClIN6O4. The largest absolute Gasteiger partial charge is 0.478 e. The van der Waals surface area contributed by atoms with Gasteiger partial charge in [-0.15, -0.1) is 0 Å². The van der Waals surface area contributed by atoms with Crippen molar-refractivity contribution in [1.29, 1.82) is 0 Å². The van der Waals surface area contributed by atoms with Crippen LogP contribution in [0.4, 0.5) is 17.5 Å². The molecule has 3 heterocycles. The predicted octanol–water partition coefficient (Wildman–Crippen LogP) is 2.49. The van der Waals surface area contributed by atoms with Gasteiger partial charge in [-0.1, -0.05) is 34.2 Å². The third kappa shape index (κ3) is 5.36. The number of ether oxygens (including phenoxy) is 2. The number of halogens is 2. The molecule has 1 saturated heterocycles. The number of likely N-dealkylation sites (N-methyl/N-ethyl adjacent to an activating group) is 1. The van der Waals surface area contributed by atoms with E-state index in [0.717, 1.165) is 21.0 Å². The molecule has 180 valence electrons. The number of alkyl halides is 1. The molecule has 0 saturated carbocycles. The summed E-state index contributed by atoms with van der Waals surface area (Å²) in [5, 5.41) is 6.85. The summed E-state index contributed by atoms with van der Waals surface area (Å²) in [5.41, 5.74) is 1.12. The Kier molecular flexibility index (Phi) is 7.73. The van der Waals surface area contributed by atoms with Crippen molar-refractivity contribution in [2.75, 3.05) is 48.0 Å². The number of carbonyl (C=O) groups is 1. The Morgan fingerprint density at radius 3 is 2.97 bits per heavy atom. The van der Waals surface area contributed by atoms with E-state index in [0.29, 0.717) is 36.5 Å². The Bertz CT molecular complexity index is 1270. The first-order valence-electron chi connectivity index (χ1n) is 10.6. The van der Waals surface area contributed by atoms with Crippen molar-refractivity contribution in [2.24, 2.45) is 7.05 Å². The number of aromatic nitrogens is 3. The second-order valence-electron chi connectivity index (χ2n) is 7.69. The van der Waals surface area contributed by atoms with Gasteiger partial charge in [0.1, 0.15) is 5.02 Å². The highest BCUT2D eigenvalue weighted by molar-refractivity contribution is 14.1. The van der Waals surface area contributed by atoms with Gasteiger partial charge in [-0.2, -0.15) is 4.98 Å². The summed E-state index contributed by atoms with van der Waals surface area (Å²) in [6.07, 6.45) is 1.72. The summed E-state index contributed by atoms with van der Waals surface area (Å²) in [5.74, 6) is 0.828. The molecule has 0 radical (unpaired) electrons. The van der Waals surface area contributed by atoms with E-state index in [1.165, 1.54) is 11.6 Å². The number of rotatable bonds is 7. The number of anilines is 3. The minimum atomic E-state index is -0.323. The van der Waals surface area contributed by atoms with Crippen molar-refractivity contribution in [2.45, 2.75) is 6.10 Å². The number of hydrogen-bond acceptors (Lipinski definition) is 8. The van der Waals surface area contributed by atoms with E-state index in [1.54, 1.807) is 19.3 Å². The Morgan fingerprint density at radius 1 is 1.38 bits per heavy atom. The van der Waals surface area contributed by atoms with E-state index in [9.17, 15) is 9.59 Å². The summed E-state index contributed by atoms with van der Waals surface area (Å²) in [6, 6.07) is 7.15. The number of carbonyl (C=O) groups excluding carboxylic acids is 1. The van der Waals surface area contributed by atoms with Gasteiger partial charge >= 0.3 is 0 Å². The molecule has 1 amide bonds. The Balaban J connectivity index is 1.61. The highest BCUT2D eigenvalue weighted by atomic mass is 127. The van der Waals surface area contributed by atoms with Crippen LogP contribution in [-0.2, 0) is 16.6 Å². The first kappa shape index (κ1) is 24.5. The lowest BCUT2D eigenvalue weighted by atomic mass is 10.2. The van der Waals surface area contributed by atoms with Crippen LogP contribution in [0, 0.1) is 0 Å². The van der Waals surface area contributed by atoms with Crippen LogP contribution in [0.1, 0.15) is 0 Å². The van der Waals surface area contributed by atoms with Crippen molar-refractivity contribution < 1.29 is 14.3 Å². The van der Waals surface area contributed by atoms with Crippen LogP contribution in [0.15, 0.2) is 35.3 Å². The highest BCUT2D eigenvalue weighted by Crippen LogP contribution is 2.28. The highest BCUT2D eigenvalue weighted by Gasteiger charge is 2.22. The van der Waals surface area contributed by atoms with Crippen LogP contribution in [0.2, 0.25) is 5.02 Å². The molecular weight excluding hydrogens is 575 g/mol. The number of hydrogen-bond donors (Lipinski definition) is 2. The van der Waals surface area contributed by atoms with Gasteiger partial charge < -0.3 is 29.6 Å². The molecule has 0 unspecified atom stereocenters. The zero-order valence-electron chi connectivity index (χ0n) is 18.7. The maximum absolute atomic E-state index is 12.6. The minimum absolute atomic E-state index is 0.0928. The Hall–Kier alpha value is -2.64. The third-order valence-electron chi connectivity index (χ3n) is 5.42. The molecule has 1 fully saturated rings. The van der Waals surface area contributed by atoms with E-state index in [-0.39, 0.29) is 29.9 Å².